The second-order valence-electron chi connectivity index (χ2n) is 5.42. The molecule has 17 heavy (non-hydrogen) atoms. The predicted molar refractivity (Wildman–Crippen MR) is 62.3 cm³/mol. The highest BCUT2D eigenvalue weighted by Gasteiger charge is 2.48. The topological polar surface area (TPSA) is 59.8 Å². The maximum absolute atomic E-state index is 11.9. The Balaban J connectivity index is 1.61. The fourth-order valence-corrected chi connectivity index (χ4v) is 2.90. The lowest BCUT2D eigenvalue weighted by Crippen LogP contribution is -2.44. The van der Waals surface area contributed by atoms with Gasteiger partial charge < -0.3 is 5.32 Å². The molecule has 0 spiro atoms. The van der Waals surface area contributed by atoms with E-state index < -0.39 is 0 Å². The molecule has 2 saturated carbocycles. The number of aromatic nitrogens is 3. The summed E-state index contributed by atoms with van der Waals surface area (Å²) in [6.07, 6.45) is 8.09. The number of carbonyl (C=O) groups excluding carboxylic acids is 1. The van der Waals surface area contributed by atoms with Gasteiger partial charge in [-0.25, -0.2) is 4.68 Å². The van der Waals surface area contributed by atoms with E-state index in [2.05, 4.69) is 15.6 Å². The molecule has 1 N–H and O–H groups in total. The molecule has 1 amide bonds. The molecule has 2 fully saturated rings. The van der Waals surface area contributed by atoms with Gasteiger partial charge in [0.15, 0.2) is 0 Å². The first-order valence-corrected chi connectivity index (χ1v) is 6.34. The summed E-state index contributed by atoms with van der Waals surface area (Å²) in [5.74, 6) is 0.811. The van der Waals surface area contributed by atoms with Crippen LogP contribution >= 0.6 is 0 Å². The van der Waals surface area contributed by atoms with Gasteiger partial charge in [-0.05, 0) is 37.0 Å². The smallest absolute Gasteiger partial charge is 0.271 e. The summed E-state index contributed by atoms with van der Waals surface area (Å²) >= 11 is 0. The lowest BCUT2D eigenvalue weighted by Gasteiger charge is -2.42. The van der Waals surface area contributed by atoms with Crippen molar-refractivity contribution in [2.45, 2.75) is 32.1 Å². The zero-order valence-electron chi connectivity index (χ0n) is 10.1. The third kappa shape index (κ3) is 1.83. The van der Waals surface area contributed by atoms with Gasteiger partial charge in [0.25, 0.3) is 5.91 Å². The maximum Gasteiger partial charge on any atom is 0.271 e. The molecule has 5 nitrogen and oxygen atoms in total. The molecule has 92 valence electrons. The molecule has 5 heteroatoms. The minimum Gasteiger partial charge on any atom is -0.350 e. The van der Waals surface area contributed by atoms with Crippen molar-refractivity contribution in [3.05, 3.63) is 11.9 Å². The normalized spacial score (nSPS) is 21.9. The summed E-state index contributed by atoms with van der Waals surface area (Å²) in [5, 5.41) is 10.5. The molecule has 0 aliphatic heterocycles. The third-order valence-electron chi connectivity index (χ3n) is 4.34. The Morgan fingerprint density at radius 1 is 1.59 bits per heavy atom. The van der Waals surface area contributed by atoms with Crippen molar-refractivity contribution in [2.24, 2.45) is 18.4 Å². The van der Waals surface area contributed by atoms with E-state index in [4.69, 9.17) is 0 Å². The second kappa shape index (κ2) is 3.82. The van der Waals surface area contributed by atoms with Crippen LogP contribution in [0.4, 0.5) is 0 Å². The van der Waals surface area contributed by atoms with Crippen LogP contribution in [0.2, 0.25) is 0 Å². The number of hydrogen-bond donors (Lipinski definition) is 1. The van der Waals surface area contributed by atoms with Gasteiger partial charge in [-0.15, -0.1) is 5.10 Å². The summed E-state index contributed by atoms with van der Waals surface area (Å²) < 4.78 is 1.51. The van der Waals surface area contributed by atoms with Gasteiger partial charge in [0.05, 0.1) is 6.20 Å². The molecular weight excluding hydrogens is 216 g/mol. The molecule has 0 radical (unpaired) electrons. The highest BCUT2D eigenvalue weighted by Crippen LogP contribution is 2.56. The van der Waals surface area contributed by atoms with Crippen LogP contribution < -0.4 is 5.32 Å². The van der Waals surface area contributed by atoms with E-state index in [0.29, 0.717) is 11.1 Å². The lowest BCUT2D eigenvalue weighted by molar-refractivity contribution is 0.0774. The molecule has 1 aromatic rings. The second-order valence-corrected chi connectivity index (χ2v) is 5.42. The number of aryl methyl sites for hydroxylation is 1. The molecule has 0 atom stereocenters. The highest BCUT2D eigenvalue weighted by atomic mass is 16.2. The molecular formula is C12H18N4O. The molecule has 3 rings (SSSR count). The van der Waals surface area contributed by atoms with Gasteiger partial charge >= 0.3 is 0 Å². The van der Waals surface area contributed by atoms with Crippen molar-refractivity contribution in [2.75, 3.05) is 6.54 Å². The van der Waals surface area contributed by atoms with E-state index in [1.165, 1.54) is 43.0 Å². The van der Waals surface area contributed by atoms with Gasteiger partial charge in [0.1, 0.15) is 5.69 Å². The summed E-state index contributed by atoms with van der Waals surface area (Å²) in [6, 6.07) is 0. The van der Waals surface area contributed by atoms with E-state index >= 15 is 0 Å². The molecule has 2 aliphatic rings. The van der Waals surface area contributed by atoms with Gasteiger partial charge in [0.2, 0.25) is 0 Å². The minimum absolute atomic E-state index is 0.0515. The molecule has 1 aromatic heterocycles. The molecule has 0 aromatic carbocycles. The van der Waals surface area contributed by atoms with Crippen LogP contribution in [0.5, 0.6) is 0 Å². The van der Waals surface area contributed by atoms with Gasteiger partial charge in [-0.3, -0.25) is 4.79 Å². The Labute approximate surface area is 101 Å². The average Bonchev–Trinajstić information content (AvgIpc) is 3.00. The Bertz CT molecular complexity index is 431. The number of rotatable bonds is 4. The van der Waals surface area contributed by atoms with Gasteiger partial charge in [-0.1, -0.05) is 11.6 Å². The van der Waals surface area contributed by atoms with E-state index in [9.17, 15) is 4.79 Å². The quantitative estimate of drug-likeness (QED) is 0.849. The summed E-state index contributed by atoms with van der Waals surface area (Å²) in [5.41, 5.74) is 0.956. The number of hydrogen-bond acceptors (Lipinski definition) is 3. The first-order chi connectivity index (χ1) is 8.21. The molecule has 0 saturated heterocycles. The Morgan fingerprint density at radius 2 is 2.35 bits per heavy atom. The fraction of sp³-hybridized carbons (Fsp3) is 0.750. The highest BCUT2D eigenvalue weighted by molar-refractivity contribution is 5.92. The van der Waals surface area contributed by atoms with Crippen molar-refractivity contribution in [1.29, 1.82) is 0 Å². The van der Waals surface area contributed by atoms with Crippen molar-refractivity contribution < 1.29 is 4.79 Å². The average molecular weight is 234 g/mol. The zero-order chi connectivity index (χ0) is 11.9. The first-order valence-electron chi connectivity index (χ1n) is 6.34. The first kappa shape index (κ1) is 10.7. The van der Waals surface area contributed by atoms with E-state index in [1.807, 2.05) is 0 Å². The van der Waals surface area contributed by atoms with Crippen LogP contribution in [0.1, 0.15) is 42.6 Å². The minimum atomic E-state index is -0.0515. The largest absolute Gasteiger partial charge is 0.350 e. The molecule has 2 aliphatic carbocycles. The number of amides is 1. The maximum atomic E-state index is 11.9. The summed E-state index contributed by atoms with van der Waals surface area (Å²) in [7, 11) is 1.74. The number of carbonyl (C=O) groups is 1. The van der Waals surface area contributed by atoms with Crippen LogP contribution in [0.25, 0.3) is 0 Å². The van der Waals surface area contributed by atoms with Crippen molar-refractivity contribution >= 4 is 5.91 Å². The predicted octanol–water partition coefficient (Wildman–Crippen LogP) is 1.13. The monoisotopic (exact) mass is 234 g/mol. The van der Waals surface area contributed by atoms with E-state index in [-0.39, 0.29) is 5.91 Å². The summed E-state index contributed by atoms with van der Waals surface area (Å²) in [4.78, 5) is 11.9. The van der Waals surface area contributed by atoms with E-state index in [0.717, 1.165) is 12.5 Å². The van der Waals surface area contributed by atoms with Crippen LogP contribution in [-0.2, 0) is 7.05 Å². The fourth-order valence-electron chi connectivity index (χ4n) is 2.90. The van der Waals surface area contributed by atoms with Crippen molar-refractivity contribution in [1.82, 2.24) is 20.3 Å². The molecule has 0 unspecified atom stereocenters. The van der Waals surface area contributed by atoms with Crippen molar-refractivity contribution in [3.8, 4) is 0 Å². The van der Waals surface area contributed by atoms with Crippen molar-refractivity contribution in [3.63, 3.8) is 0 Å². The van der Waals surface area contributed by atoms with E-state index in [1.54, 1.807) is 7.05 Å². The van der Waals surface area contributed by atoms with Crippen LogP contribution in [0.3, 0.4) is 0 Å². The lowest BCUT2D eigenvalue weighted by atomic mass is 9.65. The Kier molecular flexibility index (Phi) is 2.42. The van der Waals surface area contributed by atoms with Crippen LogP contribution in [-0.4, -0.2) is 27.4 Å². The Morgan fingerprint density at radius 3 is 2.82 bits per heavy atom. The third-order valence-corrected chi connectivity index (χ3v) is 4.34. The van der Waals surface area contributed by atoms with Gasteiger partial charge in [0, 0.05) is 13.6 Å². The zero-order valence-corrected chi connectivity index (χ0v) is 10.1. The summed E-state index contributed by atoms with van der Waals surface area (Å²) in [6.45, 7) is 0.821. The molecule has 0 bridgehead atoms. The van der Waals surface area contributed by atoms with Gasteiger partial charge in [-0.2, -0.15) is 0 Å². The van der Waals surface area contributed by atoms with Crippen LogP contribution in [0.15, 0.2) is 6.20 Å². The number of nitrogens with zero attached hydrogens (tertiary/aromatic N) is 3. The standard InChI is InChI=1S/C12H18N4O/c1-16-10(7-14-15-16)11(17)13-8-12(5-2-6-12)9-3-4-9/h7,9H,2-6,8H2,1H3,(H,13,17). The number of nitrogens with one attached hydrogen (secondary N) is 1. The Hall–Kier alpha value is -1.39. The SMILES string of the molecule is Cn1nncc1C(=O)NCC1(C2CC2)CCC1. The van der Waals surface area contributed by atoms with Crippen LogP contribution in [0, 0.1) is 11.3 Å². The molecule has 1 heterocycles.